The molecule has 5 heteroatoms. The van der Waals surface area contributed by atoms with E-state index in [1.54, 1.807) is 0 Å². The molecule has 0 atom stereocenters. The summed E-state index contributed by atoms with van der Waals surface area (Å²) in [5, 5.41) is 5.94. The predicted molar refractivity (Wildman–Crippen MR) is 80.3 cm³/mol. The summed E-state index contributed by atoms with van der Waals surface area (Å²) in [7, 11) is 3.98. The van der Waals surface area contributed by atoms with E-state index in [1.807, 2.05) is 32.8 Å². The highest BCUT2D eigenvalue weighted by molar-refractivity contribution is 5.81. The van der Waals surface area contributed by atoms with Crippen molar-refractivity contribution in [1.29, 1.82) is 0 Å². The zero-order valence-corrected chi connectivity index (χ0v) is 13.2. The van der Waals surface area contributed by atoms with Gasteiger partial charge in [0.1, 0.15) is 0 Å². The number of likely N-dealkylation sites (N-methyl/N-ethyl adjacent to an activating group) is 1. The first-order valence-electron chi connectivity index (χ1n) is 7.63. The lowest BCUT2D eigenvalue weighted by Crippen LogP contribution is -2.40. The smallest absolute Gasteiger partial charge is 0.223 e. The van der Waals surface area contributed by atoms with Crippen LogP contribution in [-0.2, 0) is 9.59 Å². The molecule has 2 amide bonds. The average molecular weight is 283 g/mol. The van der Waals surface area contributed by atoms with Gasteiger partial charge in [0.15, 0.2) is 0 Å². The zero-order chi connectivity index (χ0) is 15.1. The minimum Gasteiger partial charge on any atom is -0.355 e. The van der Waals surface area contributed by atoms with Crippen LogP contribution in [0.2, 0.25) is 0 Å². The van der Waals surface area contributed by atoms with Crippen molar-refractivity contribution in [2.45, 2.75) is 45.6 Å². The molecule has 0 bridgehead atoms. The van der Waals surface area contributed by atoms with E-state index in [0.717, 1.165) is 32.2 Å². The first-order chi connectivity index (χ1) is 9.40. The third kappa shape index (κ3) is 5.90. The molecule has 1 rings (SSSR count). The number of nitrogens with one attached hydrogen (secondary N) is 2. The Labute approximate surface area is 122 Å². The summed E-state index contributed by atoms with van der Waals surface area (Å²) < 4.78 is 0. The molecule has 0 aromatic carbocycles. The van der Waals surface area contributed by atoms with Crippen molar-refractivity contribution >= 4 is 11.8 Å². The Morgan fingerprint density at radius 1 is 1.05 bits per heavy atom. The molecule has 1 saturated carbocycles. The van der Waals surface area contributed by atoms with Gasteiger partial charge in [-0.3, -0.25) is 9.59 Å². The van der Waals surface area contributed by atoms with Gasteiger partial charge >= 0.3 is 0 Å². The van der Waals surface area contributed by atoms with Crippen LogP contribution in [0.3, 0.4) is 0 Å². The summed E-state index contributed by atoms with van der Waals surface area (Å²) in [4.78, 5) is 26.0. The van der Waals surface area contributed by atoms with Gasteiger partial charge in [-0.15, -0.1) is 0 Å². The number of hydrogen-bond donors (Lipinski definition) is 2. The van der Waals surface area contributed by atoms with E-state index in [9.17, 15) is 9.59 Å². The molecule has 0 aromatic heterocycles. The molecule has 1 aliphatic carbocycles. The van der Waals surface area contributed by atoms with E-state index in [2.05, 4.69) is 10.6 Å². The van der Waals surface area contributed by atoms with Crippen molar-refractivity contribution in [3.63, 3.8) is 0 Å². The quantitative estimate of drug-likeness (QED) is 0.764. The van der Waals surface area contributed by atoms with Crippen LogP contribution in [0.1, 0.15) is 39.5 Å². The largest absolute Gasteiger partial charge is 0.355 e. The number of nitrogens with zero attached hydrogens (tertiary/aromatic N) is 1. The fraction of sp³-hybridized carbons (Fsp3) is 0.867. The maximum atomic E-state index is 12.0. The standard InChI is InChI=1S/C15H29N3O2/c1-11(2)17-15(20)13-7-5-12(6-8-13)14(19)16-9-10-18(3)4/h11-13H,5-10H2,1-4H3,(H,16,19)(H,17,20). The van der Waals surface area contributed by atoms with Gasteiger partial charge in [0.2, 0.25) is 11.8 Å². The Kier molecular flexibility index (Phi) is 6.99. The van der Waals surface area contributed by atoms with Crippen molar-refractivity contribution in [3.8, 4) is 0 Å². The topological polar surface area (TPSA) is 61.4 Å². The van der Waals surface area contributed by atoms with Gasteiger partial charge in [0, 0.05) is 31.0 Å². The summed E-state index contributed by atoms with van der Waals surface area (Å²) in [6, 6.07) is 0.189. The molecular formula is C15H29N3O2. The SMILES string of the molecule is CC(C)NC(=O)C1CCC(C(=O)NCCN(C)C)CC1. The molecule has 116 valence electrons. The normalized spacial score (nSPS) is 22.9. The Hall–Kier alpha value is -1.10. The molecule has 1 fully saturated rings. The molecule has 0 aliphatic heterocycles. The van der Waals surface area contributed by atoms with Gasteiger partial charge in [-0.25, -0.2) is 0 Å². The van der Waals surface area contributed by atoms with E-state index in [4.69, 9.17) is 0 Å². The molecule has 1 aliphatic rings. The van der Waals surface area contributed by atoms with Gasteiger partial charge in [-0.05, 0) is 53.6 Å². The Morgan fingerprint density at radius 2 is 1.55 bits per heavy atom. The van der Waals surface area contributed by atoms with E-state index in [1.165, 1.54) is 0 Å². The summed E-state index contributed by atoms with van der Waals surface area (Å²) in [5.74, 6) is 0.463. The molecule has 0 saturated heterocycles. The van der Waals surface area contributed by atoms with Gasteiger partial charge in [-0.2, -0.15) is 0 Å². The van der Waals surface area contributed by atoms with Crippen molar-refractivity contribution in [2.75, 3.05) is 27.2 Å². The second-order valence-electron chi connectivity index (χ2n) is 6.31. The predicted octanol–water partition coefficient (Wildman–Crippen LogP) is 0.995. The summed E-state index contributed by atoms with van der Waals surface area (Å²) >= 11 is 0. The summed E-state index contributed by atoms with van der Waals surface area (Å²) in [6.45, 7) is 5.50. The van der Waals surface area contributed by atoms with Crippen LogP contribution in [0.5, 0.6) is 0 Å². The summed E-state index contributed by atoms with van der Waals surface area (Å²) in [6.07, 6.45) is 3.29. The fourth-order valence-electron chi connectivity index (χ4n) is 2.57. The highest BCUT2D eigenvalue weighted by Crippen LogP contribution is 2.29. The minimum absolute atomic E-state index is 0.0836. The van der Waals surface area contributed by atoms with Gasteiger partial charge in [-0.1, -0.05) is 0 Å². The van der Waals surface area contributed by atoms with Crippen LogP contribution >= 0.6 is 0 Å². The molecule has 0 heterocycles. The summed E-state index contributed by atoms with van der Waals surface area (Å²) in [5.41, 5.74) is 0. The molecule has 0 unspecified atom stereocenters. The van der Waals surface area contributed by atoms with Crippen LogP contribution in [0.25, 0.3) is 0 Å². The van der Waals surface area contributed by atoms with Crippen molar-refractivity contribution < 1.29 is 9.59 Å². The Bertz CT molecular complexity index is 321. The number of carbonyl (C=O) groups is 2. The zero-order valence-electron chi connectivity index (χ0n) is 13.2. The third-order valence-corrected chi connectivity index (χ3v) is 3.76. The number of amides is 2. The van der Waals surface area contributed by atoms with Crippen LogP contribution in [0, 0.1) is 11.8 Å². The van der Waals surface area contributed by atoms with Crippen LogP contribution in [0.4, 0.5) is 0 Å². The second-order valence-corrected chi connectivity index (χ2v) is 6.31. The van der Waals surface area contributed by atoms with Gasteiger partial charge < -0.3 is 15.5 Å². The molecule has 20 heavy (non-hydrogen) atoms. The van der Waals surface area contributed by atoms with Gasteiger partial charge in [0.05, 0.1) is 0 Å². The lowest BCUT2D eigenvalue weighted by atomic mass is 9.81. The molecular weight excluding hydrogens is 254 g/mol. The first-order valence-corrected chi connectivity index (χ1v) is 7.63. The van der Waals surface area contributed by atoms with Crippen molar-refractivity contribution in [1.82, 2.24) is 15.5 Å². The molecule has 0 aromatic rings. The van der Waals surface area contributed by atoms with Crippen molar-refractivity contribution in [2.24, 2.45) is 11.8 Å². The van der Waals surface area contributed by atoms with E-state index < -0.39 is 0 Å². The Balaban J connectivity index is 2.27. The lowest BCUT2D eigenvalue weighted by molar-refractivity contribution is -0.130. The maximum absolute atomic E-state index is 12.0. The number of carbonyl (C=O) groups excluding carboxylic acids is 2. The van der Waals surface area contributed by atoms with E-state index in [-0.39, 0.29) is 29.7 Å². The van der Waals surface area contributed by atoms with Crippen LogP contribution in [0.15, 0.2) is 0 Å². The first kappa shape index (κ1) is 17.0. The highest BCUT2D eigenvalue weighted by atomic mass is 16.2. The molecule has 0 radical (unpaired) electrons. The van der Waals surface area contributed by atoms with Crippen molar-refractivity contribution in [3.05, 3.63) is 0 Å². The highest BCUT2D eigenvalue weighted by Gasteiger charge is 2.29. The monoisotopic (exact) mass is 283 g/mol. The number of hydrogen-bond acceptors (Lipinski definition) is 3. The molecule has 5 nitrogen and oxygen atoms in total. The Morgan fingerprint density at radius 3 is 2.00 bits per heavy atom. The fourth-order valence-corrected chi connectivity index (χ4v) is 2.57. The average Bonchev–Trinajstić information content (AvgIpc) is 2.37. The van der Waals surface area contributed by atoms with E-state index in [0.29, 0.717) is 6.54 Å². The maximum Gasteiger partial charge on any atom is 0.223 e. The second kappa shape index (κ2) is 8.25. The number of rotatable bonds is 6. The third-order valence-electron chi connectivity index (χ3n) is 3.76. The lowest BCUT2D eigenvalue weighted by Gasteiger charge is -2.27. The minimum atomic E-state index is 0.0836. The van der Waals surface area contributed by atoms with E-state index >= 15 is 0 Å². The van der Waals surface area contributed by atoms with Crippen LogP contribution < -0.4 is 10.6 Å². The van der Waals surface area contributed by atoms with Crippen LogP contribution in [-0.4, -0.2) is 49.9 Å². The molecule has 0 spiro atoms. The van der Waals surface area contributed by atoms with Gasteiger partial charge in [0.25, 0.3) is 0 Å². The molecule has 2 N–H and O–H groups in total.